The summed E-state index contributed by atoms with van der Waals surface area (Å²) < 4.78 is 5.75. The van der Waals surface area contributed by atoms with E-state index in [1.165, 1.54) is 18.4 Å². The van der Waals surface area contributed by atoms with Gasteiger partial charge in [0.25, 0.3) is 5.91 Å². The van der Waals surface area contributed by atoms with E-state index >= 15 is 0 Å². The molecule has 2 heterocycles. The topological polar surface area (TPSA) is 71.5 Å². The van der Waals surface area contributed by atoms with Crippen molar-refractivity contribution >= 4 is 17.5 Å². The third kappa shape index (κ3) is 6.30. The van der Waals surface area contributed by atoms with Gasteiger partial charge in [0.2, 0.25) is 5.91 Å². The first kappa shape index (κ1) is 25.4. The number of aryl methyl sites for hydroxylation is 1. The predicted molar refractivity (Wildman–Crippen MR) is 142 cm³/mol. The molecular formula is C30H35N3O3. The Labute approximate surface area is 213 Å². The Morgan fingerprint density at radius 2 is 1.81 bits per heavy atom. The van der Waals surface area contributed by atoms with Gasteiger partial charge in [-0.1, -0.05) is 56.2 Å². The van der Waals surface area contributed by atoms with Crippen molar-refractivity contribution in [2.24, 2.45) is 0 Å². The van der Waals surface area contributed by atoms with Crippen molar-refractivity contribution in [3.63, 3.8) is 0 Å². The number of hydrogen-bond donors (Lipinski definition) is 1. The molecule has 1 atom stereocenters. The van der Waals surface area contributed by atoms with Crippen LogP contribution in [0.5, 0.6) is 5.75 Å². The number of hydrogen-bond acceptors (Lipinski definition) is 4. The maximum atomic E-state index is 13.6. The lowest BCUT2D eigenvalue weighted by Gasteiger charge is -2.36. The molecule has 36 heavy (non-hydrogen) atoms. The fraction of sp³-hybridized carbons (Fsp3) is 0.367. The summed E-state index contributed by atoms with van der Waals surface area (Å²) >= 11 is 0. The number of fused-ring (bicyclic) bond motifs is 1. The number of pyridine rings is 1. The Kier molecular flexibility index (Phi) is 8.36. The lowest BCUT2D eigenvalue weighted by molar-refractivity contribution is -0.121. The third-order valence-electron chi connectivity index (χ3n) is 6.42. The second kappa shape index (κ2) is 11.8. The number of carbonyl (C=O) groups is 2. The zero-order valence-electron chi connectivity index (χ0n) is 21.4. The van der Waals surface area contributed by atoms with E-state index in [4.69, 9.17) is 4.74 Å². The quantitative estimate of drug-likeness (QED) is 0.389. The number of amides is 2. The van der Waals surface area contributed by atoms with Crippen molar-refractivity contribution in [1.29, 1.82) is 0 Å². The molecule has 2 amide bonds. The van der Waals surface area contributed by atoms with Crippen LogP contribution in [0.15, 0.2) is 66.9 Å². The number of nitrogens with one attached hydrogen (secondary N) is 1. The molecule has 1 aliphatic rings. The number of benzene rings is 2. The monoisotopic (exact) mass is 485 g/mol. The molecule has 0 unspecified atom stereocenters. The van der Waals surface area contributed by atoms with Gasteiger partial charge in [-0.15, -0.1) is 0 Å². The molecule has 1 N–H and O–H groups in total. The number of unbranched alkanes of at least 4 members (excludes halogenated alkanes) is 2. The largest absolute Gasteiger partial charge is 0.491 e. The predicted octanol–water partition coefficient (Wildman–Crippen LogP) is 5.81. The van der Waals surface area contributed by atoms with Gasteiger partial charge in [0.05, 0.1) is 6.10 Å². The highest BCUT2D eigenvalue weighted by atomic mass is 16.5. The minimum atomic E-state index is -0.645. The normalized spacial score (nSPS) is 14.9. The van der Waals surface area contributed by atoms with Crippen LogP contribution >= 0.6 is 0 Å². The van der Waals surface area contributed by atoms with Crippen LogP contribution in [0.4, 0.5) is 5.69 Å². The lowest BCUT2D eigenvalue weighted by atomic mass is 9.93. The number of rotatable bonds is 9. The van der Waals surface area contributed by atoms with Gasteiger partial charge in [-0.05, 0) is 61.6 Å². The molecule has 1 aliphatic heterocycles. The van der Waals surface area contributed by atoms with E-state index in [1.54, 1.807) is 23.2 Å². The molecule has 0 fully saturated rings. The molecule has 2 aromatic carbocycles. The molecule has 0 saturated carbocycles. The first-order valence-corrected chi connectivity index (χ1v) is 12.8. The maximum absolute atomic E-state index is 13.6. The maximum Gasteiger partial charge on any atom is 0.273 e. The molecular weight excluding hydrogens is 450 g/mol. The highest BCUT2D eigenvalue weighted by molar-refractivity contribution is 6.01. The van der Waals surface area contributed by atoms with Crippen LogP contribution in [0.3, 0.4) is 0 Å². The second-order valence-corrected chi connectivity index (χ2v) is 9.61. The van der Waals surface area contributed by atoms with E-state index in [0.717, 1.165) is 29.7 Å². The standard InChI is InChI=1S/C30H35N3O3/c1-4-5-6-9-22-12-14-25(15-13-22)32-29(34)28-18-23-10-7-8-11-24(23)20-33(28)30(35)27-19-26(16-17-31-27)36-21(2)3/h7-8,10-17,19,21,28H,4-6,9,18,20H2,1-3H3,(H,32,34)/t28-/m0/s1. The van der Waals surface area contributed by atoms with Crippen molar-refractivity contribution in [1.82, 2.24) is 9.88 Å². The van der Waals surface area contributed by atoms with Gasteiger partial charge in [0, 0.05) is 30.9 Å². The fourth-order valence-electron chi connectivity index (χ4n) is 4.55. The van der Waals surface area contributed by atoms with Crippen LogP contribution in [0, 0.1) is 0 Å². The number of nitrogens with zero attached hydrogens (tertiary/aromatic N) is 2. The highest BCUT2D eigenvalue weighted by Crippen LogP contribution is 2.27. The van der Waals surface area contributed by atoms with Crippen LogP contribution in [0.25, 0.3) is 0 Å². The smallest absolute Gasteiger partial charge is 0.273 e. The van der Waals surface area contributed by atoms with Crippen molar-refractivity contribution in [2.45, 2.75) is 71.6 Å². The van der Waals surface area contributed by atoms with E-state index in [1.807, 2.05) is 50.2 Å². The molecule has 6 nitrogen and oxygen atoms in total. The summed E-state index contributed by atoms with van der Waals surface area (Å²) in [5, 5.41) is 3.03. The molecule has 4 rings (SSSR count). The minimum absolute atomic E-state index is 0.0197. The molecule has 0 aliphatic carbocycles. The van der Waals surface area contributed by atoms with Crippen molar-refractivity contribution in [2.75, 3.05) is 5.32 Å². The summed E-state index contributed by atoms with van der Waals surface area (Å²) in [6, 6.07) is 18.7. The Morgan fingerprint density at radius 1 is 1.06 bits per heavy atom. The van der Waals surface area contributed by atoms with Crippen LogP contribution in [0.2, 0.25) is 0 Å². The van der Waals surface area contributed by atoms with Gasteiger partial charge in [-0.25, -0.2) is 0 Å². The first-order valence-electron chi connectivity index (χ1n) is 12.8. The molecule has 0 spiro atoms. The number of carbonyl (C=O) groups excluding carboxylic acids is 2. The number of anilines is 1. The van der Waals surface area contributed by atoms with Crippen molar-refractivity contribution < 1.29 is 14.3 Å². The van der Waals surface area contributed by atoms with Crippen molar-refractivity contribution in [3.05, 3.63) is 89.2 Å². The summed E-state index contributed by atoms with van der Waals surface area (Å²) in [7, 11) is 0. The molecule has 6 heteroatoms. The van der Waals surface area contributed by atoms with Gasteiger partial charge in [-0.3, -0.25) is 14.6 Å². The summed E-state index contributed by atoms with van der Waals surface area (Å²) in [6.07, 6.45) is 6.61. The zero-order valence-corrected chi connectivity index (χ0v) is 21.4. The van der Waals surface area contributed by atoms with Gasteiger partial charge in [0.15, 0.2) is 0 Å². The van der Waals surface area contributed by atoms with Crippen LogP contribution in [0.1, 0.15) is 67.2 Å². The Morgan fingerprint density at radius 3 is 2.53 bits per heavy atom. The molecule has 3 aromatic rings. The number of aromatic nitrogens is 1. The van der Waals surface area contributed by atoms with E-state index in [-0.39, 0.29) is 23.6 Å². The summed E-state index contributed by atoms with van der Waals surface area (Å²) in [4.78, 5) is 33.0. The van der Waals surface area contributed by atoms with Crippen LogP contribution < -0.4 is 10.1 Å². The van der Waals surface area contributed by atoms with Crippen molar-refractivity contribution in [3.8, 4) is 5.75 Å². The van der Waals surface area contributed by atoms with Crippen LogP contribution in [-0.4, -0.2) is 33.8 Å². The summed E-state index contributed by atoms with van der Waals surface area (Å²) in [5.41, 5.74) is 4.39. The van der Waals surface area contributed by atoms with Gasteiger partial charge in [0.1, 0.15) is 17.5 Å². The van der Waals surface area contributed by atoms with E-state index < -0.39 is 6.04 Å². The molecule has 0 bridgehead atoms. The van der Waals surface area contributed by atoms with Gasteiger partial charge >= 0.3 is 0 Å². The summed E-state index contributed by atoms with van der Waals surface area (Å²) in [5.74, 6) is 0.0945. The fourth-order valence-corrected chi connectivity index (χ4v) is 4.55. The highest BCUT2D eigenvalue weighted by Gasteiger charge is 2.35. The Bertz CT molecular complexity index is 1190. The molecule has 1 aromatic heterocycles. The lowest BCUT2D eigenvalue weighted by Crippen LogP contribution is -2.50. The van der Waals surface area contributed by atoms with E-state index in [9.17, 15) is 9.59 Å². The summed E-state index contributed by atoms with van der Waals surface area (Å²) in [6.45, 7) is 6.41. The average molecular weight is 486 g/mol. The van der Waals surface area contributed by atoms with Gasteiger partial charge in [-0.2, -0.15) is 0 Å². The van der Waals surface area contributed by atoms with E-state index in [2.05, 4.69) is 29.4 Å². The first-order chi connectivity index (χ1) is 17.4. The molecule has 0 radical (unpaired) electrons. The third-order valence-corrected chi connectivity index (χ3v) is 6.42. The Balaban J connectivity index is 1.54. The Hall–Kier alpha value is -3.67. The molecule has 0 saturated heterocycles. The number of ether oxygens (including phenoxy) is 1. The molecule has 188 valence electrons. The van der Waals surface area contributed by atoms with Gasteiger partial charge < -0.3 is 15.0 Å². The minimum Gasteiger partial charge on any atom is -0.491 e. The second-order valence-electron chi connectivity index (χ2n) is 9.61. The van der Waals surface area contributed by atoms with E-state index in [0.29, 0.717) is 18.7 Å². The average Bonchev–Trinajstić information content (AvgIpc) is 2.88. The SMILES string of the molecule is CCCCCc1ccc(NC(=O)[C@@H]2Cc3ccccc3CN2C(=O)c2cc(OC(C)C)ccn2)cc1. The van der Waals surface area contributed by atoms with Crippen LogP contribution in [-0.2, 0) is 24.2 Å². The zero-order chi connectivity index (χ0) is 25.5.